The highest BCUT2D eigenvalue weighted by atomic mass is 16.4. The van der Waals surface area contributed by atoms with Gasteiger partial charge in [0, 0.05) is 30.2 Å². The van der Waals surface area contributed by atoms with Crippen LogP contribution in [0.4, 0.5) is 5.69 Å². The highest BCUT2D eigenvalue weighted by molar-refractivity contribution is 5.81. The van der Waals surface area contributed by atoms with Crippen LogP contribution in [0.5, 0.6) is 0 Å². The summed E-state index contributed by atoms with van der Waals surface area (Å²) < 4.78 is 5.33. The van der Waals surface area contributed by atoms with Crippen LogP contribution in [0.2, 0.25) is 0 Å². The molecule has 3 rings (SSSR count). The number of aryl methyl sites for hydroxylation is 1. The molecule has 0 saturated carbocycles. The van der Waals surface area contributed by atoms with Crippen molar-refractivity contribution in [3.8, 4) is 0 Å². The molecule has 0 unspecified atom stereocenters. The van der Waals surface area contributed by atoms with Crippen molar-refractivity contribution in [2.75, 3.05) is 11.4 Å². The monoisotopic (exact) mass is 323 g/mol. The SMILES string of the molecule is Cc1ccc2c(CN(C[C@H](C)O)c3ccccc3)cc(=O)oc2c1. The van der Waals surface area contributed by atoms with Gasteiger partial charge >= 0.3 is 5.63 Å². The minimum atomic E-state index is -0.473. The molecule has 4 nitrogen and oxygen atoms in total. The van der Waals surface area contributed by atoms with Gasteiger partial charge in [-0.1, -0.05) is 30.3 Å². The second-order valence-electron chi connectivity index (χ2n) is 6.16. The fourth-order valence-corrected chi connectivity index (χ4v) is 2.89. The number of hydrogen-bond donors (Lipinski definition) is 1. The van der Waals surface area contributed by atoms with Gasteiger partial charge in [0.2, 0.25) is 0 Å². The lowest BCUT2D eigenvalue weighted by Crippen LogP contribution is -2.30. The summed E-state index contributed by atoms with van der Waals surface area (Å²) >= 11 is 0. The molecule has 1 aromatic heterocycles. The number of benzene rings is 2. The van der Waals surface area contributed by atoms with Crippen molar-refractivity contribution in [2.45, 2.75) is 26.5 Å². The molecular formula is C20H21NO3. The first-order valence-corrected chi connectivity index (χ1v) is 8.04. The van der Waals surface area contributed by atoms with E-state index in [1.165, 1.54) is 6.07 Å². The van der Waals surface area contributed by atoms with Crippen LogP contribution >= 0.6 is 0 Å². The third kappa shape index (κ3) is 3.66. The van der Waals surface area contributed by atoms with Gasteiger partial charge in [0.15, 0.2) is 0 Å². The summed E-state index contributed by atoms with van der Waals surface area (Å²) in [5.41, 5.74) is 3.19. The molecule has 0 fully saturated rings. The van der Waals surface area contributed by atoms with E-state index in [1.807, 2.05) is 55.5 Å². The van der Waals surface area contributed by atoms with E-state index >= 15 is 0 Å². The molecule has 0 aliphatic carbocycles. The van der Waals surface area contributed by atoms with E-state index in [9.17, 15) is 9.90 Å². The molecule has 4 heteroatoms. The number of aliphatic hydroxyl groups excluding tert-OH is 1. The van der Waals surface area contributed by atoms with E-state index in [4.69, 9.17) is 4.42 Å². The molecule has 0 radical (unpaired) electrons. The van der Waals surface area contributed by atoms with Crippen molar-refractivity contribution < 1.29 is 9.52 Å². The maximum atomic E-state index is 11.9. The van der Waals surface area contributed by atoms with Crippen molar-refractivity contribution in [3.05, 3.63) is 76.1 Å². The minimum Gasteiger partial charge on any atom is -0.423 e. The van der Waals surface area contributed by atoms with Gasteiger partial charge in [-0.05, 0) is 43.2 Å². The van der Waals surface area contributed by atoms with E-state index in [-0.39, 0.29) is 5.63 Å². The Balaban J connectivity index is 2.03. The third-order valence-corrected chi connectivity index (χ3v) is 3.95. The second-order valence-corrected chi connectivity index (χ2v) is 6.16. The predicted molar refractivity (Wildman–Crippen MR) is 96.4 cm³/mol. The van der Waals surface area contributed by atoms with Crippen LogP contribution in [0, 0.1) is 6.92 Å². The lowest BCUT2D eigenvalue weighted by molar-refractivity contribution is 0.199. The summed E-state index contributed by atoms with van der Waals surface area (Å²) in [7, 11) is 0. The summed E-state index contributed by atoms with van der Waals surface area (Å²) in [4.78, 5) is 14.0. The van der Waals surface area contributed by atoms with Crippen molar-refractivity contribution in [2.24, 2.45) is 0 Å². The molecule has 1 heterocycles. The molecule has 124 valence electrons. The number of nitrogens with zero attached hydrogens (tertiary/aromatic N) is 1. The summed E-state index contributed by atoms with van der Waals surface area (Å²) in [6, 6.07) is 17.3. The van der Waals surface area contributed by atoms with E-state index < -0.39 is 6.10 Å². The number of fused-ring (bicyclic) bond motifs is 1. The first-order chi connectivity index (χ1) is 11.5. The van der Waals surface area contributed by atoms with Crippen LogP contribution in [0.25, 0.3) is 11.0 Å². The van der Waals surface area contributed by atoms with Crippen LogP contribution in [-0.4, -0.2) is 17.8 Å². The standard InChI is InChI=1S/C20H21NO3/c1-14-8-9-18-16(11-20(23)24-19(18)10-14)13-21(12-15(2)22)17-6-4-3-5-7-17/h3-11,15,22H,12-13H2,1-2H3/t15-/m0/s1. The van der Waals surface area contributed by atoms with Crippen LogP contribution in [0.3, 0.4) is 0 Å². The van der Waals surface area contributed by atoms with Crippen molar-refractivity contribution >= 4 is 16.7 Å². The van der Waals surface area contributed by atoms with Gasteiger partial charge in [0.1, 0.15) is 5.58 Å². The molecular weight excluding hydrogens is 302 g/mol. The van der Waals surface area contributed by atoms with E-state index in [2.05, 4.69) is 4.90 Å². The molecule has 3 aromatic rings. The summed E-state index contributed by atoms with van der Waals surface area (Å²) in [5, 5.41) is 10.8. The Hall–Kier alpha value is -2.59. The Morgan fingerprint density at radius 2 is 1.88 bits per heavy atom. The highest BCUT2D eigenvalue weighted by Crippen LogP contribution is 2.23. The van der Waals surface area contributed by atoms with Gasteiger partial charge in [-0.3, -0.25) is 0 Å². The molecule has 0 aliphatic rings. The fraction of sp³-hybridized carbons (Fsp3) is 0.250. The number of hydrogen-bond acceptors (Lipinski definition) is 4. The molecule has 24 heavy (non-hydrogen) atoms. The van der Waals surface area contributed by atoms with Crippen LogP contribution in [0.1, 0.15) is 18.1 Å². The quantitative estimate of drug-likeness (QED) is 0.730. The van der Waals surface area contributed by atoms with Crippen LogP contribution < -0.4 is 10.5 Å². The van der Waals surface area contributed by atoms with Gasteiger partial charge < -0.3 is 14.4 Å². The topological polar surface area (TPSA) is 53.7 Å². The molecule has 0 amide bonds. The van der Waals surface area contributed by atoms with Gasteiger partial charge in [-0.15, -0.1) is 0 Å². The summed E-state index contributed by atoms with van der Waals surface area (Å²) in [5.74, 6) is 0. The largest absolute Gasteiger partial charge is 0.423 e. The summed E-state index contributed by atoms with van der Waals surface area (Å²) in [6.45, 7) is 4.74. The van der Waals surface area contributed by atoms with Gasteiger partial charge in [-0.25, -0.2) is 4.79 Å². The number of anilines is 1. The lowest BCUT2D eigenvalue weighted by Gasteiger charge is -2.26. The molecule has 0 saturated heterocycles. The zero-order valence-corrected chi connectivity index (χ0v) is 13.9. The molecule has 2 aromatic carbocycles. The molecule has 0 spiro atoms. The van der Waals surface area contributed by atoms with E-state index in [0.29, 0.717) is 18.7 Å². The smallest absolute Gasteiger partial charge is 0.336 e. The normalized spacial score (nSPS) is 12.3. The first kappa shape index (κ1) is 16.3. The van der Waals surface area contributed by atoms with Crippen molar-refractivity contribution in [1.82, 2.24) is 0 Å². The Labute approximate surface area is 141 Å². The maximum Gasteiger partial charge on any atom is 0.336 e. The lowest BCUT2D eigenvalue weighted by atomic mass is 10.1. The average molecular weight is 323 g/mol. The highest BCUT2D eigenvalue weighted by Gasteiger charge is 2.13. The number of aliphatic hydroxyl groups is 1. The van der Waals surface area contributed by atoms with Gasteiger partial charge in [0.25, 0.3) is 0 Å². The number of para-hydroxylation sites is 1. The third-order valence-electron chi connectivity index (χ3n) is 3.95. The number of rotatable bonds is 5. The molecule has 1 atom stereocenters. The molecule has 1 N–H and O–H groups in total. The molecule has 0 bridgehead atoms. The Morgan fingerprint density at radius 1 is 1.12 bits per heavy atom. The zero-order valence-electron chi connectivity index (χ0n) is 13.9. The average Bonchev–Trinajstić information content (AvgIpc) is 2.54. The minimum absolute atomic E-state index is 0.354. The van der Waals surface area contributed by atoms with Gasteiger partial charge in [0.05, 0.1) is 6.10 Å². The fourth-order valence-electron chi connectivity index (χ4n) is 2.89. The second kappa shape index (κ2) is 6.89. The predicted octanol–water partition coefficient (Wildman–Crippen LogP) is 3.49. The van der Waals surface area contributed by atoms with Crippen LogP contribution in [-0.2, 0) is 6.54 Å². The Kier molecular flexibility index (Phi) is 4.67. The van der Waals surface area contributed by atoms with Crippen molar-refractivity contribution in [3.63, 3.8) is 0 Å². The maximum absolute atomic E-state index is 11.9. The van der Waals surface area contributed by atoms with Crippen LogP contribution in [0.15, 0.2) is 63.8 Å². The van der Waals surface area contributed by atoms with E-state index in [0.717, 1.165) is 22.2 Å². The molecule has 0 aliphatic heterocycles. The van der Waals surface area contributed by atoms with Gasteiger partial charge in [-0.2, -0.15) is 0 Å². The summed E-state index contributed by atoms with van der Waals surface area (Å²) in [6.07, 6.45) is -0.473. The Morgan fingerprint density at radius 3 is 2.58 bits per heavy atom. The van der Waals surface area contributed by atoms with E-state index in [1.54, 1.807) is 6.92 Å². The van der Waals surface area contributed by atoms with Crippen molar-refractivity contribution in [1.29, 1.82) is 0 Å². The Bertz CT molecular complexity index is 884. The zero-order chi connectivity index (χ0) is 17.1. The first-order valence-electron chi connectivity index (χ1n) is 8.04.